The lowest BCUT2D eigenvalue weighted by Gasteiger charge is -2.09. The summed E-state index contributed by atoms with van der Waals surface area (Å²) in [4.78, 5) is 11.8. The topological polar surface area (TPSA) is 38.3 Å². The van der Waals surface area contributed by atoms with E-state index >= 15 is 0 Å². The van der Waals surface area contributed by atoms with E-state index < -0.39 is 11.7 Å². The number of aryl methyl sites for hydroxylation is 1. The second-order valence-electron chi connectivity index (χ2n) is 6.09. The summed E-state index contributed by atoms with van der Waals surface area (Å²) in [6.45, 7) is 3.09. The van der Waals surface area contributed by atoms with Gasteiger partial charge in [0.2, 0.25) is 5.91 Å². The summed E-state index contributed by atoms with van der Waals surface area (Å²) >= 11 is 0. The van der Waals surface area contributed by atoms with Gasteiger partial charge in [-0.05, 0) is 49.6 Å². The smallest absolute Gasteiger partial charge is 0.416 e. The van der Waals surface area contributed by atoms with Gasteiger partial charge in [-0.15, -0.1) is 0 Å². The van der Waals surface area contributed by atoms with Crippen molar-refractivity contribution in [2.75, 3.05) is 13.2 Å². The van der Waals surface area contributed by atoms with E-state index in [1.807, 2.05) is 31.2 Å². The third kappa shape index (κ3) is 6.78. The molecule has 3 nitrogen and oxygen atoms in total. The molecule has 0 saturated heterocycles. The summed E-state index contributed by atoms with van der Waals surface area (Å²) in [5.41, 5.74) is 1.02. The van der Waals surface area contributed by atoms with E-state index in [-0.39, 0.29) is 12.3 Å². The number of amides is 1. The Balaban J connectivity index is 1.61. The maximum absolute atomic E-state index is 12.5. The second-order valence-corrected chi connectivity index (χ2v) is 6.09. The first-order valence-electron chi connectivity index (χ1n) is 8.47. The van der Waals surface area contributed by atoms with Gasteiger partial charge in [-0.25, -0.2) is 0 Å². The van der Waals surface area contributed by atoms with E-state index in [4.69, 9.17) is 4.74 Å². The number of hydrogen-bond donors (Lipinski definition) is 1. The van der Waals surface area contributed by atoms with Crippen molar-refractivity contribution in [1.29, 1.82) is 0 Å². The van der Waals surface area contributed by atoms with Crippen LogP contribution in [-0.4, -0.2) is 19.1 Å². The Kier molecular flexibility index (Phi) is 7.06. The molecule has 0 spiro atoms. The van der Waals surface area contributed by atoms with Crippen LogP contribution in [0, 0.1) is 6.92 Å². The van der Waals surface area contributed by atoms with Crippen molar-refractivity contribution in [2.24, 2.45) is 0 Å². The van der Waals surface area contributed by atoms with Crippen molar-refractivity contribution < 1.29 is 22.7 Å². The molecule has 0 aromatic heterocycles. The van der Waals surface area contributed by atoms with Gasteiger partial charge in [-0.2, -0.15) is 13.2 Å². The fraction of sp³-hybridized carbons (Fsp3) is 0.350. The first-order chi connectivity index (χ1) is 12.3. The molecule has 0 saturated carbocycles. The Hall–Kier alpha value is -2.50. The Labute approximate surface area is 151 Å². The molecule has 2 rings (SSSR count). The molecule has 0 radical (unpaired) electrons. The number of benzene rings is 2. The number of rotatable bonds is 8. The fourth-order valence-corrected chi connectivity index (χ4v) is 2.34. The van der Waals surface area contributed by atoms with Crippen molar-refractivity contribution >= 4 is 5.91 Å². The van der Waals surface area contributed by atoms with Gasteiger partial charge in [0, 0.05) is 6.54 Å². The van der Waals surface area contributed by atoms with Gasteiger partial charge >= 0.3 is 6.18 Å². The van der Waals surface area contributed by atoms with Crippen molar-refractivity contribution in [3.8, 4) is 5.75 Å². The van der Waals surface area contributed by atoms with Crippen molar-refractivity contribution in [1.82, 2.24) is 5.32 Å². The van der Waals surface area contributed by atoms with Crippen LogP contribution in [0.1, 0.15) is 29.5 Å². The first-order valence-corrected chi connectivity index (χ1v) is 8.47. The molecule has 0 aliphatic heterocycles. The minimum Gasteiger partial charge on any atom is -0.494 e. The summed E-state index contributed by atoms with van der Waals surface area (Å²) in [5.74, 6) is 0.617. The van der Waals surface area contributed by atoms with Crippen molar-refractivity contribution in [2.45, 2.75) is 32.4 Å². The average molecular weight is 365 g/mol. The molecule has 0 heterocycles. The number of carbonyl (C=O) groups is 1. The number of carbonyl (C=O) groups excluding carboxylic acids is 1. The minimum atomic E-state index is -4.36. The van der Waals surface area contributed by atoms with E-state index in [1.165, 1.54) is 17.7 Å². The molecule has 1 N–H and O–H groups in total. The Morgan fingerprint density at radius 3 is 2.27 bits per heavy atom. The van der Waals surface area contributed by atoms with Crippen molar-refractivity contribution in [3.05, 3.63) is 65.2 Å². The number of hydrogen-bond acceptors (Lipinski definition) is 2. The molecule has 2 aromatic carbocycles. The van der Waals surface area contributed by atoms with Crippen LogP contribution in [-0.2, 0) is 17.4 Å². The Bertz CT molecular complexity index is 694. The zero-order chi connectivity index (χ0) is 19.0. The van der Waals surface area contributed by atoms with Gasteiger partial charge in [-0.1, -0.05) is 29.8 Å². The SMILES string of the molecule is Cc1ccc(OCCCCNC(=O)Cc2ccc(C(F)(F)F)cc2)cc1. The van der Waals surface area contributed by atoms with Gasteiger partial charge in [0.25, 0.3) is 0 Å². The highest BCUT2D eigenvalue weighted by Gasteiger charge is 2.29. The molecule has 1 amide bonds. The fourth-order valence-electron chi connectivity index (χ4n) is 2.34. The van der Waals surface area contributed by atoms with E-state index in [0.29, 0.717) is 18.7 Å². The van der Waals surface area contributed by atoms with Gasteiger partial charge in [0.05, 0.1) is 18.6 Å². The summed E-state index contributed by atoms with van der Waals surface area (Å²) < 4.78 is 43.1. The number of nitrogens with one attached hydrogen (secondary N) is 1. The predicted molar refractivity (Wildman–Crippen MR) is 94.1 cm³/mol. The Morgan fingerprint density at radius 2 is 1.65 bits per heavy atom. The lowest BCUT2D eigenvalue weighted by molar-refractivity contribution is -0.137. The minimum absolute atomic E-state index is 0.0675. The van der Waals surface area contributed by atoms with E-state index in [1.54, 1.807) is 0 Å². The maximum atomic E-state index is 12.5. The number of halogens is 3. The molecule has 140 valence electrons. The molecule has 0 fully saturated rings. The van der Waals surface area contributed by atoms with Crippen LogP contribution < -0.4 is 10.1 Å². The zero-order valence-corrected chi connectivity index (χ0v) is 14.6. The van der Waals surface area contributed by atoms with Crippen LogP contribution in [0.3, 0.4) is 0 Å². The second kappa shape index (κ2) is 9.27. The lowest BCUT2D eigenvalue weighted by atomic mass is 10.1. The number of alkyl halides is 3. The largest absolute Gasteiger partial charge is 0.494 e. The van der Waals surface area contributed by atoms with Gasteiger partial charge < -0.3 is 10.1 Å². The summed E-state index contributed by atoms with van der Waals surface area (Å²) in [6.07, 6.45) is -2.72. The molecule has 0 atom stereocenters. The quantitative estimate of drug-likeness (QED) is 0.698. The number of unbranched alkanes of at least 4 members (excludes halogenated alkanes) is 1. The van der Waals surface area contributed by atoms with Crippen LogP contribution >= 0.6 is 0 Å². The van der Waals surface area contributed by atoms with Crippen LogP contribution in [0.25, 0.3) is 0 Å². The van der Waals surface area contributed by atoms with Crippen LogP contribution in [0.15, 0.2) is 48.5 Å². The third-order valence-electron chi connectivity index (χ3n) is 3.83. The van der Waals surface area contributed by atoms with Gasteiger partial charge in [0.1, 0.15) is 5.75 Å². The monoisotopic (exact) mass is 365 g/mol. The predicted octanol–water partition coefficient (Wildman–Crippen LogP) is 4.53. The van der Waals surface area contributed by atoms with E-state index in [9.17, 15) is 18.0 Å². The highest BCUT2D eigenvalue weighted by Crippen LogP contribution is 2.29. The van der Waals surface area contributed by atoms with Gasteiger partial charge in [0.15, 0.2) is 0 Å². The normalized spacial score (nSPS) is 11.2. The lowest BCUT2D eigenvalue weighted by Crippen LogP contribution is -2.26. The average Bonchev–Trinajstić information content (AvgIpc) is 2.59. The molecule has 2 aromatic rings. The molecule has 0 aliphatic rings. The molecule has 26 heavy (non-hydrogen) atoms. The molecule has 6 heteroatoms. The van der Waals surface area contributed by atoms with Crippen molar-refractivity contribution in [3.63, 3.8) is 0 Å². The number of ether oxygens (including phenoxy) is 1. The summed E-state index contributed by atoms with van der Waals surface area (Å²) in [5, 5.41) is 2.77. The van der Waals surface area contributed by atoms with E-state index in [2.05, 4.69) is 5.32 Å². The Morgan fingerprint density at radius 1 is 1.00 bits per heavy atom. The summed E-state index contributed by atoms with van der Waals surface area (Å²) in [6, 6.07) is 12.4. The molecule has 0 aliphatic carbocycles. The zero-order valence-electron chi connectivity index (χ0n) is 14.6. The maximum Gasteiger partial charge on any atom is 0.416 e. The molecule has 0 unspecified atom stereocenters. The molecular weight excluding hydrogens is 343 g/mol. The first kappa shape index (κ1) is 19.8. The standard InChI is InChI=1S/C20H22F3NO2/c1-15-4-10-18(11-5-15)26-13-3-2-12-24-19(25)14-16-6-8-17(9-7-16)20(21,22)23/h4-11H,2-3,12-14H2,1H3,(H,24,25). The molecule has 0 bridgehead atoms. The third-order valence-corrected chi connectivity index (χ3v) is 3.83. The van der Waals surface area contributed by atoms with Crippen LogP contribution in [0.2, 0.25) is 0 Å². The highest BCUT2D eigenvalue weighted by molar-refractivity contribution is 5.78. The van der Waals surface area contributed by atoms with E-state index in [0.717, 1.165) is 30.7 Å². The van der Waals surface area contributed by atoms with Gasteiger partial charge in [-0.3, -0.25) is 4.79 Å². The highest BCUT2D eigenvalue weighted by atomic mass is 19.4. The van der Waals surface area contributed by atoms with Crippen LogP contribution in [0.5, 0.6) is 5.75 Å². The van der Waals surface area contributed by atoms with Crippen LogP contribution in [0.4, 0.5) is 13.2 Å². The molecular formula is C20H22F3NO2. The summed E-state index contributed by atoms with van der Waals surface area (Å²) in [7, 11) is 0.